The first-order chi connectivity index (χ1) is 13.6. The molecule has 0 saturated carbocycles. The number of hydrogen-bond acceptors (Lipinski definition) is 6. The smallest absolute Gasteiger partial charge is 0.213 e. The molecule has 2 aromatic heterocycles. The van der Waals surface area contributed by atoms with Crippen LogP contribution in [-0.4, -0.2) is 48.4 Å². The van der Waals surface area contributed by atoms with Gasteiger partial charge in [0.15, 0.2) is 0 Å². The summed E-state index contributed by atoms with van der Waals surface area (Å²) in [7, 11) is 0. The minimum Gasteiger partial charge on any atom is -0.478 e. The lowest BCUT2D eigenvalue weighted by Crippen LogP contribution is -2.27. The van der Waals surface area contributed by atoms with E-state index in [1.807, 2.05) is 37.4 Å². The van der Waals surface area contributed by atoms with E-state index in [0.29, 0.717) is 38.1 Å². The number of pyridine rings is 2. The third kappa shape index (κ3) is 4.91. The van der Waals surface area contributed by atoms with Gasteiger partial charge in [0, 0.05) is 48.6 Å². The zero-order chi connectivity index (χ0) is 19.9. The van der Waals surface area contributed by atoms with Crippen molar-refractivity contribution in [2.45, 2.75) is 32.9 Å². The molecule has 148 valence electrons. The van der Waals surface area contributed by atoms with Crippen LogP contribution in [0.5, 0.6) is 5.88 Å². The van der Waals surface area contributed by atoms with E-state index in [9.17, 15) is 0 Å². The Hall–Kier alpha value is -2.83. The van der Waals surface area contributed by atoms with E-state index in [2.05, 4.69) is 38.7 Å². The number of rotatable bonds is 8. The second-order valence-corrected chi connectivity index (χ2v) is 7.16. The van der Waals surface area contributed by atoms with Crippen LogP contribution in [0, 0.1) is 5.92 Å². The molecule has 1 saturated heterocycles. The van der Waals surface area contributed by atoms with Crippen molar-refractivity contribution in [2.24, 2.45) is 11.0 Å². The summed E-state index contributed by atoms with van der Waals surface area (Å²) in [5.41, 5.74) is 10.8. The molecule has 0 aromatic carbocycles. The molecular weight excluding hydrogens is 356 g/mol. The van der Waals surface area contributed by atoms with Crippen LogP contribution in [0.3, 0.4) is 0 Å². The lowest BCUT2D eigenvalue weighted by molar-refractivity contribution is 0.0407. The molecule has 0 unspecified atom stereocenters. The third-order valence-electron chi connectivity index (χ3n) is 4.51. The Bertz CT molecular complexity index is 820. The Morgan fingerprint density at radius 2 is 2.11 bits per heavy atom. The normalized spacial score (nSPS) is 18.9. The van der Waals surface area contributed by atoms with E-state index in [1.54, 1.807) is 6.20 Å². The summed E-state index contributed by atoms with van der Waals surface area (Å²) in [6, 6.07) is 7.64. The fourth-order valence-electron chi connectivity index (χ4n) is 3.16. The van der Waals surface area contributed by atoms with Crippen molar-refractivity contribution >= 4 is 5.82 Å². The molecule has 0 amide bonds. The summed E-state index contributed by atoms with van der Waals surface area (Å²) in [6.45, 7) is 8.62. The van der Waals surface area contributed by atoms with Crippen molar-refractivity contribution < 1.29 is 9.47 Å². The number of anilines is 1. The molecule has 28 heavy (non-hydrogen) atoms. The van der Waals surface area contributed by atoms with Gasteiger partial charge < -0.3 is 14.4 Å². The Morgan fingerprint density at radius 1 is 1.25 bits per heavy atom. The molecule has 1 aliphatic rings. The monoisotopic (exact) mass is 382 g/mol. The van der Waals surface area contributed by atoms with Crippen LogP contribution < -0.4 is 9.64 Å². The molecule has 8 heteroatoms. The Labute approximate surface area is 165 Å². The van der Waals surface area contributed by atoms with Crippen LogP contribution in [0.4, 0.5) is 5.82 Å². The molecule has 0 aliphatic carbocycles. The molecule has 0 N–H and O–H groups in total. The number of nitrogens with zero attached hydrogens (tertiary/aromatic N) is 6. The standard InChI is InChI=1S/C20H26N6O2/c1-4-27-20-9-15(7-8-22-20)16-5-6-19(23-10-16)26-11-17(24-25-21)18(12-26)28-13-14(2)3/h5-10,14,17-18H,4,11-13H2,1-3H3/t17-,18-/m1/s1. The van der Waals surface area contributed by atoms with Gasteiger partial charge in [-0.3, -0.25) is 0 Å². The van der Waals surface area contributed by atoms with Crippen LogP contribution >= 0.6 is 0 Å². The summed E-state index contributed by atoms with van der Waals surface area (Å²) in [5.74, 6) is 1.88. The predicted octanol–water partition coefficient (Wildman–Crippen LogP) is 4.08. The van der Waals surface area contributed by atoms with Crippen LogP contribution in [-0.2, 0) is 4.74 Å². The lowest BCUT2D eigenvalue weighted by Gasteiger charge is -2.18. The van der Waals surface area contributed by atoms with E-state index >= 15 is 0 Å². The van der Waals surface area contributed by atoms with Crippen LogP contribution in [0.2, 0.25) is 0 Å². The molecule has 0 spiro atoms. The maximum atomic E-state index is 8.86. The van der Waals surface area contributed by atoms with Crippen molar-refractivity contribution in [1.29, 1.82) is 0 Å². The van der Waals surface area contributed by atoms with Gasteiger partial charge in [-0.05, 0) is 42.1 Å². The number of azide groups is 1. The molecule has 8 nitrogen and oxygen atoms in total. The fourth-order valence-corrected chi connectivity index (χ4v) is 3.16. The topological polar surface area (TPSA) is 96.2 Å². The molecule has 1 fully saturated rings. The molecule has 3 heterocycles. The van der Waals surface area contributed by atoms with Crippen molar-refractivity contribution in [3.8, 4) is 17.0 Å². The second-order valence-electron chi connectivity index (χ2n) is 7.16. The highest BCUT2D eigenvalue weighted by atomic mass is 16.5. The van der Waals surface area contributed by atoms with E-state index < -0.39 is 0 Å². The third-order valence-corrected chi connectivity index (χ3v) is 4.51. The number of hydrogen-bond donors (Lipinski definition) is 0. The molecule has 2 atom stereocenters. The summed E-state index contributed by atoms with van der Waals surface area (Å²) in [5, 5.41) is 3.92. The molecule has 0 bridgehead atoms. The zero-order valence-electron chi connectivity index (χ0n) is 16.5. The molecule has 3 rings (SSSR count). The van der Waals surface area contributed by atoms with Crippen LogP contribution in [0.1, 0.15) is 20.8 Å². The Morgan fingerprint density at radius 3 is 2.79 bits per heavy atom. The molecule has 0 radical (unpaired) electrons. The van der Waals surface area contributed by atoms with Gasteiger partial charge in [0.25, 0.3) is 0 Å². The van der Waals surface area contributed by atoms with E-state index in [0.717, 1.165) is 16.9 Å². The average molecular weight is 382 g/mol. The van der Waals surface area contributed by atoms with Crippen LogP contribution in [0.25, 0.3) is 21.6 Å². The minimum atomic E-state index is -0.209. The van der Waals surface area contributed by atoms with Gasteiger partial charge in [0.05, 0.1) is 18.8 Å². The first-order valence-corrected chi connectivity index (χ1v) is 9.56. The van der Waals surface area contributed by atoms with E-state index in [4.69, 9.17) is 15.0 Å². The van der Waals surface area contributed by atoms with Crippen LogP contribution in [0.15, 0.2) is 41.8 Å². The summed E-state index contributed by atoms with van der Waals surface area (Å²) >= 11 is 0. The molecule has 2 aromatic rings. The predicted molar refractivity (Wildman–Crippen MR) is 108 cm³/mol. The maximum absolute atomic E-state index is 8.86. The van der Waals surface area contributed by atoms with Gasteiger partial charge in [0.2, 0.25) is 5.88 Å². The van der Waals surface area contributed by atoms with Gasteiger partial charge >= 0.3 is 0 Å². The first kappa shape index (κ1) is 19.9. The molecular formula is C20H26N6O2. The van der Waals surface area contributed by atoms with Crippen molar-refractivity contribution in [3.63, 3.8) is 0 Å². The minimum absolute atomic E-state index is 0.117. The number of aromatic nitrogens is 2. The average Bonchev–Trinajstić information content (AvgIpc) is 3.10. The largest absolute Gasteiger partial charge is 0.478 e. The first-order valence-electron chi connectivity index (χ1n) is 9.56. The van der Waals surface area contributed by atoms with Gasteiger partial charge in [-0.2, -0.15) is 0 Å². The Balaban J connectivity index is 1.72. The lowest BCUT2D eigenvalue weighted by atomic mass is 10.1. The van der Waals surface area contributed by atoms with Gasteiger partial charge in [-0.15, -0.1) is 0 Å². The van der Waals surface area contributed by atoms with E-state index in [-0.39, 0.29) is 12.1 Å². The van der Waals surface area contributed by atoms with Crippen molar-refractivity contribution in [2.75, 3.05) is 31.2 Å². The second kappa shape index (κ2) is 9.39. The van der Waals surface area contributed by atoms with E-state index in [1.165, 1.54) is 0 Å². The highest BCUT2D eigenvalue weighted by Crippen LogP contribution is 2.26. The SMILES string of the molecule is CCOc1cc(-c2ccc(N3C[C@@H](N=[N+]=[N-])[C@H](OCC(C)C)C3)nc2)ccn1. The fraction of sp³-hybridized carbons (Fsp3) is 0.500. The maximum Gasteiger partial charge on any atom is 0.213 e. The quantitative estimate of drug-likeness (QED) is 0.389. The zero-order valence-corrected chi connectivity index (χ0v) is 16.5. The van der Waals surface area contributed by atoms with Crippen molar-refractivity contribution in [3.05, 3.63) is 47.1 Å². The van der Waals surface area contributed by atoms with Gasteiger partial charge in [-0.1, -0.05) is 19.0 Å². The van der Waals surface area contributed by atoms with Gasteiger partial charge in [0.1, 0.15) is 5.82 Å². The highest BCUT2D eigenvalue weighted by Gasteiger charge is 2.33. The highest BCUT2D eigenvalue weighted by molar-refractivity contribution is 5.64. The Kier molecular flexibility index (Phi) is 6.68. The van der Waals surface area contributed by atoms with Gasteiger partial charge in [-0.25, -0.2) is 9.97 Å². The number of ether oxygens (including phenoxy) is 2. The summed E-state index contributed by atoms with van der Waals surface area (Å²) in [4.78, 5) is 13.9. The summed E-state index contributed by atoms with van der Waals surface area (Å²) < 4.78 is 11.4. The summed E-state index contributed by atoms with van der Waals surface area (Å²) in [6.07, 6.45) is 3.45. The van der Waals surface area contributed by atoms with Crippen molar-refractivity contribution in [1.82, 2.24) is 9.97 Å². The molecule has 1 aliphatic heterocycles.